The van der Waals surface area contributed by atoms with Crippen LogP contribution in [0.25, 0.3) is 0 Å². The molecule has 1 aliphatic rings. The van der Waals surface area contributed by atoms with Crippen molar-refractivity contribution in [3.05, 3.63) is 29.8 Å². The lowest BCUT2D eigenvalue weighted by Crippen LogP contribution is -2.34. The Kier molecular flexibility index (Phi) is 4.43. The SMILES string of the molecule is CC(C(=O)NCC1CCOC1C)c1cccc(N)c1. The zero-order valence-electron chi connectivity index (χ0n) is 11.6. The van der Waals surface area contributed by atoms with E-state index in [4.69, 9.17) is 10.5 Å². The average molecular weight is 262 g/mol. The lowest BCUT2D eigenvalue weighted by Gasteiger charge is -2.17. The Morgan fingerprint density at radius 2 is 2.37 bits per heavy atom. The molecule has 0 saturated carbocycles. The van der Waals surface area contributed by atoms with E-state index in [1.54, 1.807) is 0 Å². The van der Waals surface area contributed by atoms with Gasteiger partial charge in [0.2, 0.25) is 5.91 Å². The Morgan fingerprint density at radius 1 is 1.58 bits per heavy atom. The lowest BCUT2D eigenvalue weighted by molar-refractivity contribution is -0.122. The normalized spacial score (nSPS) is 24.1. The largest absolute Gasteiger partial charge is 0.399 e. The van der Waals surface area contributed by atoms with Gasteiger partial charge in [-0.2, -0.15) is 0 Å². The van der Waals surface area contributed by atoms with Gasteiger partial charge in [0.1, 0.15) is 0 Å². The van der Waals surface area contributed by atoms with Crippen molar-refractivity contribution in [1.29, 1.82) is 0 Å². The van der Waals surface area contributed by atoms with Crippen molar-refractivity contribution in [3.8, 4) is 0 Å². The van der Waals surface area contributed by atoms with Gasteiger partial charge in [-0.05, 0) is 38.0 Å². The third-order valence-electron chi connectivity index (χ3n) is 3.88. The maximum atomic E-state index is 12.1. The fourth-order valence-electron chi connectivity index (χ4n) is 2.41. The number of amides is 1. The molecular formula is C15H22N2O2. The third-order valence-corrected chi connectivity index (χ3v) is 3.88. The van der Waals surface area contributed by atoms with Crippen LogP contribution in [0.4, 0.5) is 5.69 Å². The summed E-state index contributed by atoms with van der Waals surface area (Å²) in [5.74, 6) is 0.294. The van der Waals surface area contributed by atoms with E-state index >= 15 is 0 Å². The zero-order valence-corrected chi connectivity index (χ0v) is 11.6. The summed E-state index contributed by atoms with van der Waals surface area (Å²) < 4.78 is 5.49. The minimum absolute atomic E-state index is 0.0460. The van der Waals surface area contributed by atoms with E-state index in [-0.39, 0.29) is 17.9 Å². The highest BCUT2D eigenvalue weighted by molar-refractivity contribution is 5.83. The predicted molar refractivity (Wildman–Crippen MR) is 75.8 cm³/mol. The van der Waals surface area contributed by atoms with E-state index in [2.05, 4.69) is 12.2 Å². The Bertz CT molecular complexity index is 448. The van der Waals surface area contributed by atoms with Gasteiger partial charge in [-0.25, -0.2) is 0 Å². The van der Waals surface area contributed by atoms with Gasteiger partial charge in [-0.1, -0.05) is 12.1 Å². The fourth-order valence-corrected chi connectivity index (χ4v) is 2.41. The summed E-state index contributed by atoms with van der Waals surface area (Å²) in [4.78, 5) is 12.1. The molecule has 0 radical (unpaired) electrons. The quantitative estimate of drug-likeness (QED) is 0.815. The van der Waals surface area contributed by atoms with Crippen LogP contribution in [0.2, 0.25) is 0 Å². The molecule has 3 atom stereocenters. The van der Waals surface area contributed by atoms with Gasteiger partial charge in [-0.3, -0.25) is 4.79 Å². The maximum absolute atomic E-state index is 12.1. The van der Waals surface area contributed by atoms with Crippen LogP contribution in [0, 0.1) is 5.92 Å². The highest BCUT2D eigenvalue weighted by Gasteiger charge is 2.25. The Hall–Kier alpha value is -1.55. The van der Waals surface area contributed by atoms with Crippen molar-refractivity contribution in [1.82, 2.24) is 5.32 Å². The monoisotopic (exact) mass is 262 g/mol. The zero-order chi connectivity index (χ0) is 13.8. The summed E-state index contributed by atoms with van der Waals surface area (Å²) >= 11 is 0. The van der Waals surface area contributed by atoms with E-state index in [9.17, 15) is 4.79 Å². The second kappa shape index (κ2) is 6.06. The second-order valence-electron chi connectivity index (χ2n) is 5.26. The second-order valence-corrected chi connectivity index (χ2v) is 5.26. The van der Waals surface area contributed by atoms with E-state index in [1.165, 1.54) is 0 Å². The topological polar surface area (TPSA) is 64.3 Å². The number of nitrogen functional groups attached to an aromatic ring is 1. The molecule has 3 unspecified atom stereocenters. The van der Waals surface area contributed by atoms with Crippen molar-refractivity contribution < 1.29 is 9.53 Å². The highest BCUT2D eigenvalue weighted by Crippen LogP contribution is 2.21. The van der Waals surface area contributed by atoms with E-state index < -0.39 is 0 Å². The number of nitrogens with two attached hydrogens (primary N) is 1. The highest BCUT2D eigenvalue weighted by atomic mass is 16.5. The van der Waals surface area contributed by atoms with Crippen LogP contribution in [0.5, 0.6) is 0 Å². The van der Waals surface area contributed by atoms with Crippen LogP contribution < -0.4 is 11.1 Å². The minimum atomic E-state index is -0.180. The summed E-state index contributed by atoms with van der Waals surface area (Å²) in [6, 6.07) is 7.49. The van der Waals surface area contributed by atoms with Crippen LogP contribution in [0.15, 0.2) is 24.3 Å². The number of hydrogen-bond acceptors (Lipinski definition) is 3. The molecule has 0 aromatic heterocycles. The van der Waals surface area contributed by atoms with Crippen molar-refractivity contribution in [3.63, 3.8) is 0 Å². The van der Waals surface area contributed by atoms with E-state index in [0.29, 0.717) is 18.2 Å². The number of carbonyl (C=O) groups excluding carboxylic acids is 1. The smallest absolute Gasteiger partial charge is 0.227 e. The molecule has 1 aliphatic heterocycles. The van der Waals surface area contributed by atoms with Gasteiger partial charge in [0.05, 0.1) is 12.0 Å². The molecule has 104 valence electrons. The number of rotatable bonds is 4. The van der Waals surface area contributed by atoms with Crippen molar-refractivity contribution in [2.75, 3.05) is 18.9 Å². The number of carbonyl (C=O) groups is 1. The van der Waals surface area contributed by atoms with Gasteiger partial charge < -0.3 is 15.8 Å². The van der Waals surface area contributed by atoms with Gasteiger partial charge in [0.25, 0.3) is 0 Å². The summed E-state index contributed by atoms with van der Waals surface area (Å²) in [6.07, 6.45) is 1.26. The standard InChI is InChI=1S/C15H22N2O2/c1-10(12-4-3-5-14(16)8-12)15(18)17-9-13-6-7-19-11(13)2/h3-5,8,10-11,13H,6-7,9,16H2,1-2H3,(H,17,18). The first kappa shape index (κ1) is 13.9. The van der Waals surface area contributed by atoms with Gasteiger partial charge in [-0.15, -0.1) is 0 Å². The summed E-state index contributed by atoms with van der Waals surface area (Å²) in [5, 5.41) is 3.01. The van der Waals surface area contributed by atoms with Gasteiger partial charge in [0, 0.05) is 24.8 Å². The predicted octanol–water partition coefficient (Wildman–Crippen LogP) is 1.91. The average Bonchev–Trinajstić information content (AvgIpc) is 2.80. The lowest BCUT2D eigenvalue weighted by atomic mass is 9.98. The molecule has 19 heavy (non-hydrogen) atoms. The first-order valence-electron chi connectivity index (χ1n) is 6.82. The first-order valence-corrected chi connectivity index (χ1v) is 6.82. The molecule has 4 nitrogen and oxygen atoms in total. The molecule has 1 saturated heterocycles. The first-order chi connectivity index (χ1) is 9.08. The van der Waals surface area contributed by atoms with Crippen molar-refractivity contribution in [2.24, 2.45) is 5.92 Å². The molecule has 2 rings (SSSR count). The molecule has 0 spiro atoms. The van der Waals surface area contributed by atoms with Crippen molar-refractivity contribution in [2.45, 2.75) is 32.3 Å². The molecule has 3 N–H and O–H groups in total. The summed E-state index contributed by atoms with van der Waals surface area (Å²) in [7, 11) is 0. The van der Waals surface area contributed by atoms with Gasteiger partial charge in [0.15, 0.2) is 0 Å². The Balaban J connectivity index is 1.89. The number of anilines is 1. The van der Waals surface area contributed by atoms with Gasteiger partial charge >= 0.3 is 0 Å². The molecular weight excluding hydrogens is 240 g/mol. The molecule has 1 aromatic carbocycles. The molecule has 0 aliphatic carbocycles. The number of nitrogens with one attached hydrogen (secondary N) is 1. The fraction of sp³-hybridized carbons (Fsp3) is 0.533. The van der Waals surface area contributed by atoms with E-state index in [0.717, 1.165) is 18.6 Å². The van der Waals surface area contributed by atoms with Crippen LogP contribution in [0.3, 0.4) is 0 Å². The number of benzene rings is 1. The van der Waals surface area contributed by atoms with Crippen LogP contribution in [0.1, 0.15) is 31.7 Å². The molecule has 1 fully saturated rings. The Morgan fingerprint density at radius 3 is 3.00 bits per heavy atom. The molecule has 1 heterocycles. The van der Waals surface area contributed by atoms with E-state index in [1.807, 2.05) is 31.2 Å². The molecule has 0 bridgehead atoms. The summed E-state index contributed by atoms with van der Waals surface area (Å²) in [6.45, 7) is 5.45. The van der Waals surface area contributed by atoms with Crippen LogP contribution >= 0.6 is 0 Å². The molecule has 1 aromatic rings. The van der Waals surface area contributed by atoms with Crippen LogP contribution in [-0.4, -0.2) is 25.2 Å². The van der Waals surface area contributed by atoms with Crippen molar-refractivity contribution >= 4 is 11.6 Å². The number of ether oxygens (including phenoxy) is 1. The number of hydrogen-bond donors (Lipinski definition) is 2. The Labute approximate surface area is 114 Å². The minimum Gasteiger partial charge on any atom is -0.399 e. The van der Waals surface area contributed by atoms with Crippen LogP contribution in [-0.2, 0) is 9.53 Å². The summed E-state index contributed by atoms with van der Waals surface area (Å²) in [5.41, 5.74) is 7.38. The maximum Gasteiger partial charge on any atom is 0.227 e. The molecule has 4 heteroatoms. The third kappa shape index (κ3) is 3.47. The molecule has 1 amide bonds.